The average Bonchev–Trinajstić information content (AvgIpc) is 3.96. The second kappa shape index (κ2) is 19.6. The van der Waals surface area contributed by atoms with Gasteiger partial charge in [0.25, 0.3) is 11.8 Å². The van der Waals surface area contributed by atoms with Crippen molar-refractivity contribution in [2.45, 2.75) is 39.4 Å². The van der Waals surface area contributed by atoms with E-state index >= 15 is 0 Å². The summed E-state index contributed by atoms with van der Waals surface area (Å²) >= 11 is 2.21. The minimum Gasteiger partial charge on any atom is -0.423 e. The molecule has 2 amide bonds. The number of halogens is 3. The molecule has 0 atom stereocenters. The van der Waals surface area contributed by atoms with E-state index in [0.717, 1.165) is 32.2 Å². The van der Waals surface area contributed by atoms with Crippen LogP contribution < -0.4 is 16.9 Å². The van der Waals surface area contributed by atoms with Crippen LogP contribution in [0.2, 0.25) is 0 Å². The van der Waals surface area contributed by atoms with Crippen molar-refractivity contribution in [2.75, 3.05) is 11.5 Å². The fourth-order valence-corrected chi connectivity index (χ4v) is 8.41. The zero-order valence-electron chi connectivity index (χ0n) is 34.9. The van der Waals surface area contributed by atoms with Crippen LogP contribution in [-0.4, -0.2) is 68.9 Å². The molecule has 10 rings (SSSR count). The molecular weight excluding hydrogens is 960 g/mol. The molecule has 6 aromatic carbocycles. The Balaban J connectivity index is 0.000000148. The predicted octanol–water partition coefficient (Wildman–Crippen LogP) is 5.64. The van der Waals surface area contributed by atoms with Crippen LogP contribution in [0.4, 0.5) is 20.7 Å². The number of rotatable bonds is 6. The summed E-state index contributed by atoms with van der Waals surface area (Å²) in [6.45, 7) is 1.63. The lowest BCUT2D eigenvalue weighted by Crippen LogP contribution is -2.33. The highest BCUT2D eigenvalue weighted by atomic mass is 127. The Morgan fingerprint density at radius 3 is 1.53 bits per heavy atom. The van der Waals surface area contributed by atoms with Crippen molar-refractivity contribution in [3.8, 4) is 11.1 Å². The fourth-order valence-electron chi connectivity index (χ4n) is 7.92. The number of carbonyl (C=O) groups excluding carboxylic acids is 2. The molecular formula is C48H40BF2IN8O6. The number of benzene rings is 6. The van der Waals surface area contributed by atoms with Gasteiger partial charge in [0.1, 0.15) is 23.0 Å². The maximum atomic E-state index is 13.9. The molecule has 332 valence electrons. The Kier molecular flexibility index (Phi) is 13.6. The van der Waals surface area contributed by atoms with Crippen molar-refractivity contribution in [3.63, 3.8) is 0 Å². The molecule has 0 bridgehead atoms. The van der Waals surface area contributed by atoms with Crippen molar-refractivity contribution in [1.29, 1.82) is 0 Å². The normalized spacial score (nSPS) is 12.5. The van der Waals surface area contributed by atoms with Gasteiger partial charge in [-0.3, -0.25) is 9.59 Å². The van der Waals surface area contributed by atoms with Crippen LogP contribution in [-0.2, 0) is 39.4 Å². The summed E-state index contributed by atoms with van der Waals surface area (Å²) in [6.07, 6.45) is 0. The Morgan fingerprint density at radius 1 is 0.591 bits per heavy atom. The summed E-state index contributed by atoms with van der Waals surface area (Å²) in [7, 11) is -1.75. The number of nitrogens with zero attached hydrogens (tertiary/aromatic N) is 6. The van der Waals surface area contributed by atoms with E-state index in [1.807, 2.05) is 54.6 Å². The summed E-state index contributed by atoms with van der Waals surface area (Å²) in [5, 5.41) is 37.1. The van der Waals surface area contributed by atoms with Gasteiger partial charge < -0.3 is 41.5 Å². The molecule has 0 saturated heterocycles. The third kappa shape index (κ3) is 9.82. The average molecular weight is 1000 g/mol. The van der Waals surface area contributed by atoms with Gasteiger partial charge in [-0.05, 0) is 127 Å². The summed E-state index contributed by atoms with van der Waals surface area (Å²) in [5.41, 5.74) is 20.1. The van der Waals surface area contributed by atoms with Crippen molar-refractivity contribution >= 4 is 80.7 Å². The quantitative estimate of drug-likeness (QED) is 0.0880. The van der Waals surface area contributed by atoms with E-state index in [2.05, 4.69) is 54.7 Å². The molecule has 0 saturated carbocycles. The number of carbonyl (C=O) groups is 2. The summed E-state index contributed by atoms with van der Waals surface area (Å²) in [5.74, 6) is -1.18. The zero-order chi connectivity index (χ0) is 46.6. The van der Waals surface area contributed by atoms with Gasteiger partial charge in [0.2, 0.25) is 11.9 Å². The molecule has 0 spiro atoms. The van der Waals surface area contributed by atoms with E-state index in [-0.39, 0.29) is 48.1 Å². The second-order valence-electron chi connectivity index (χ2n) is 15.4. The van der Waals surface area contributed by atoms with Crippen LogP contribution in [0, 0.1) is 15.2 Å². The van der Waals surface area contributed by atoms with Crippen LogP contribution in [0.25, 0.3) is 32.9 Å². The Morgan fingerprint density at radius 2 is 1.05 bits per heavy atom. The van der Waals surface area contributed by atoms with Gasteiger partial charge in [-0.2, -0.15) is 0 Å². The third-order valence-electron chi connectivity index (χ3n) is 11.2. The number of hydrogen-bond donors (Lipinski definition) is 6. The first kappa shape index (κ1) is 45.6. The van der Waals surface area contributed by atoms with Gasteiger partial charge in [-0.1, -0.05) is 66.7 Å². The molecule has 2 aliphatic heterocycles. The van der Waals surface area contributed by atoms with Gasteiger partial charge in [-0.15, -0.1) is 0 Å². The molecule has 8 N–H and O–H groups in total. The largest absolute Gasteiger partial charge is 0.488 e. The van der Waals surface area contributed by atoms with Crippen LogP contribution in [0.15, 0.2) is 121 Å². The molecule has 4 heterocycles. The monoisotopic (exact) mass is 1000 g/mol. The number of aliphatic hydroxyl groups is 2. The van der Waals surface area contributed by atoms with Gasteiger partial charge in [-0.25, -0.2) is 28.7 Å². The minimum atomic E-state index is -1.75. The Hall–Kier alpha value is -6.97. The lowest BCUT2D eigenvalue weighted by atomic mass is 9.77. The molecule has 18 heteroatoms. The molecule has 0 aliphatic carbocycles. The third-order valence-corrected chi connectivity index (χ3v) is 11.8. The highest BCUT2D eigenvalue weighted by molar-refractivity contribution is 14.1. The lowest BCUT2D eigenvalue weighted by Gasteiger charge is -2.17. The highest BCUT2D eigenvalue weighted by Crippen LogP contribution is 2.32. The van der Waals surface area contributed by atoms with E-state index in [1.54, 1.807) is 34.1 Å². The maximum Gasteiger partial charge on any atom is 0.488 e. The molecule has 14 nitrogen and oxygen atoms in total. The molecule has 0 radical (unpaired) electrons. The van der Waals surface area contributed by atoms with E-state index in [0.29, 0.717) is 70.5 Å². The number of nitrogens with two attached hydrogens (primary N) is 2. The summed E-state index contributed by atoms with van der Waals surface area (Å²) < 4.78 is 27.5. The molecule has 8 aromatic rings. The topological polar surface area (TPSA) is 225 Å². The number of fused-ring (bicyclic) bond motifs is 4. The standard InChI is InChI=1S/C24H19FN4O2.C17H13IN4O.C7H8BFO3/c25-18-7-5-17(13-30)19(10-18)14-6-8-21-20(9-14)22(28-24(26)27-21)23(31)29-11-15-3-1-2-4-16(15)12-29;18-12-5-6-14-13(7-12)15(21-17(19)20-14)16(23)22-8-10-3-1-2-4-11(10)9-22;9-6-2-1-5(4-10)7(3-6)8(11)12/h1-10,30H,11-13H2,(H2,26,27,28);1-7H,8-9H2,(H2,19,20,21);1-3,10-12H,4H2. The van der Waals surface area contributed by atoms with Crippen LogP contribution in [0.1, 0.15) is 54.4 Å². The van der Waals surface area contributed by atoms with E-state index in [4.69, 9.17) is 26.6 Å². The van der Waals surface area contributed by atoms with Gasteiger partial charge in [0.15, 0.2) is 0 Å². The van der Waals surface area contributed by atoms with E-state index < -0.39 is 18.8 Å². The molecule has 0 unspecified atom stereocenters. The summed E-state index contributed by atoms with van der Waals surface area (Å²) in [4.78, 5) is 46.8. The SMILES string of the molecule is Nc1nc(C(=O)N2Cc3ccccc3C2)c2cc(-c3cc(F)ccc3CO)ccc2n1.Nc1nc(C(=O)N2Cc3ccccc3C2)c2cc(I)ccc2n1.OCc1ccc(F)cc1B(O)O. The van der Waals surface area contributed by atoms with Gasteiger partial charge in [0.05, 0.1) is 24.2 Å². The molecule has 2 aliphatic rings. The Labute approximate surface area is 390 Å². The van der Waals surface area contributed by atoms with E-state index in [1.165, 1.54) is 29.3 Å². The van der Waals surface area contributed by atoms with Crippen LogP contribution in [0.3, 0.4) is 0 Å². The van der Waals surface area contributed by atoms with Crippen molar-refractivity contribution in [1.82, 2.24) is 29.7 Å². The Bertz CT molecular complexity index is 3120. The molecule has 0 fully saturated rings. The fraction of sp³-hybridized carbons (Fsp3) is 0.125. The van der Waals surface area contributed by atoms with E-state index in [9.17, 15) is 23.5 Å². The lowest BCUT2D eigenvalue weighted by molar-refractivity contribution is 0.0741. The first-order chi connectivity index (χ1) is 31.8. The number of anilines is 2. The number of aliphatic hydroxyl groups excluding tert-OH is 2. The van der Waals surface area contributed by atoms with Gasteiger partial charge in [0, 0.05) is 40.5 Å². The molecule has 2 aromatic heterocycles. The maximum absolute atomic E-state index is 13.9. The second-order valence-corrected chi connectivity index (χ2v) is 16.7. The number of amides is 2. The number of aromatic nitrogens is 4. The minimum absolute atomic E-state index is 0.00231. The van der Waals surface area contributed by atoms with Crippen molar-refractivity contribution in [3.05, 3.63) is 181 Å². The van der Waals surface area contributed by atoms with Gasteiger partial charge >= 0.3 is 7.12 Å². The predicted molar refractivity (Wildman–Crippen MR) is 254 cm³/mol. The number of hydrogen-bond acceptors (Lipinski definition) is 12. The first-order valence-electron chi connectivity index (χ1n) is 20.5. The van der Waals surface area contributed by atoms with Crippen molar-refractivity contribution in [2.24, 2.45) is 0 Å². The smallest absolute Gasteiger partial charge is 0.423 e. The first-order valence-corrected chi connectivity index (χ1v) is 21.5. The highest BCUT2D eigenvalue weighted by Gasteiger charge is 2.28. The number of nitrogen functional groups attached to an aromatic ring is 2. The van der Waals surface area contributed by atoms with Crippen LogP contribution in [0.5, 0.6) is 0 Å². The summed E-state index contributed by atoms with van der Waals surface area (Å²) in [6, 6.07) is 34.6. The zero-order valence-corrected chi connectivity index (χ0v) is 37.1. The van der Waals surface area contributed by atoms with Crippen molar-refractivity contribution < 1.29 is 38.6 Å². The van der Waals surface area contributed by atoms with Crippen LogP contribution >= 0.6 is 22.6 Å². The molecule has 66 heavy (non-hydrogen) atoms.